The number of hydrogen-bond donors (Lipinski definition) is 2. The normalized spacial score (nSPS) is 10.8. The summed E-state index contributed by atoms with van der Waals surface area (Å²) in [6, 6.07) is 50.2. The monoisotopic (exact) mass is 488 g/mol. The fraction of sp³-hybridized carbons (Fsp3) is 0. The number of nitrogens with two attached hydrogens (primary N) is 2. The van der Waals surface area contributed by atoms with Crippen LogP contribution in [0.2, 0.25) is 0 Å². The highest BCUT2D eigenvalue weighted by molar-refractivity contribution is 5.97. The van der Waals surface area contributed by atoms with Gasteiger partial charge in [0.15, 0.2) is 0 Å². The molecule has 2 heteroatoms. The standard InChI is InChI=1S/C36H28N2/c37-35-31(25-13-5-1-6-14-25)21-29(22-32(35)26-15-7-2-8-16-26)30-23-33(27-17-9-3-10-18-27)36(38)34(24-30)28-19-11-4-12-20-28/h1-24H,37-38H2. The van der Waals surface area contributed by atoms with Crippen molar-refractivity contribution in [2.75, 3.05) is 11.5 Å². The van der Waals surface area contributed by atoms with Crippen molar-refractivity contribution < 1.29 is 0 Å². The Kier molecular flexibility index (Phi) is 6.21. The Hall–Kier alpha value is -5.08. The third kappa shape index (κ3) is 4.44. The summed E-state index contributed by atoms with van der Waals surface area (Å²) >= 11 is 0. The van der Waals surface area contributed by atoms with E-state index in [2.05, 4.69) is 72.8 Å². The van der Waals surface area contributed by atoms with Crippen LogP contribution < -0.4 is 11.5 Å². The van der Waals surface area contributed by atoms with Crippen LogP contribution >= 0.6 is 0 Å². The Morgan fingerprint density at radius 3 is 0.684 bits per heavy atom. The minimum Gasteiger partial charge on any atom is -0.398 e. The first-order valence-electron chi connectivity index (χ1n) is 12.8. The molecule has 0 aliphatic heterocycles. The van der Waals surface area contributed by atoms with Gasteiger partial charge < -0.3 is 11.5 Å². The van der Waals surface area contributed by atoms with Crippen LogP contribution in [0.15, 0.2) is 146 Å². The zero-order valence-electron chi connectivity index (χ0n) is 21.0. The van der Waals surface area contributed by atoms with Gasteiger partial charge in [-0.2, -0.15) is 0 Å². The Balaban J connectivity index is 1.64. The molecule has 6 aromatic carbocycles. The van der Waals surface area contributed by atoms with E-state index >= 15 is 0 Å². The van der Waals surface area contributed by atoms with Crippen LogP contribution in [-0.4, -0.2) is 0 Å². The number of hydrogen-bond acceptors (Lipinski definition) is 2. The molecule has 38 heavy (non-hydrogen) atoms. The van der Waals surface area contributed by atoms with E-state index in [1.165, 1.54) is 0 Å². The zero-order chi connectivity index (χ0) is 25.9. The zero-order valence-corrected chi connectivity index (χ0v) is 21.0. The van der Waals surface area contributed by atoms with Crippen molar-refractivity contribution in [3.05, 3.63) is 146 Å². The predicted octanol–water partition coefficient (Wildman–Crippen LogP) is 9.19. The molecule has 0 heterocycles. The van der Waals surface area contributed by atoms with E-state index in [1.54, 1.807) is 0 Å². The molecule has 0 spiro atoms. The molecule has 182 valence electrons. The summed E-state index contributed by atoms with van der Waals surface area (Å²) in [6.45, 7) is 0. The fourth-order valence-electron chi connectivity index (χ4n) is 5.07. The first-order chi connectivity index (χ1) is 18.7. The highest BCUT2D eigenvalue weighted by Crippen LogP contribution is 2.43. The molecular formula is C36H28N2. The van der Waals surface area contributed by atoms with Crippen molar-refractivity contribution in [1.29, 1.82) is 0 Å². The van der Waals surface area contributed by atoms with Crippen LogP contribution in [0.3, 0.4) is 0 Å². The van der Waals surface area contributed by atoms with Gasteiger partial charge in [0.25, 0.3) is 0 Å². The van der Waals surface area contributed by atoms with E-state index in [1.807, 2.05) is 72.8 Å². The lowest BCUT2D eigenvalue weighted by Gasteiger charge is -2.18. The van der Waals surface area contributed by atoms with Crippen LogP contribution in [-0.2, 0) is 0 Å². The van der Waals surface area contributed by atoms with Crippen molar-refractivity contribution in [2.45, 2.75) is 0 Å². The second-order valence-corrected chi connectivity index (χ2v) is 9.43. The SMILES string of the molecule is Nc1c(-c2ccccc2)cc(-c2cc(-c3ccccc3)c(N)c(-c3ccccc3)c2)cc1-c1ccccc1. The molecule has 0 saturated heterocycles. The molecule has 4 N–H and O–H groups in total. The second-order valence-electron chi connectivity index (χ2n) is 9.43. The maximum atomic E-state index is 6.84. The number of benzene rings is 6. The van der Waals surface area contributed by atoms with Gasteiger partial charge in [-0.3, -0.25) is 0 Å². The number of anilines is 2. The molecule has 0 saturated carbocycles. The van der Waals surface area contributed by atoms with E-state index < -0.39 is 0 Å². The van der Waals surface area contributed by atoms with Gasteiger partial charge in [-0.1, -0.05) is 121 Å². The summed E-state index contributed by atoms with van der Waals surface area (Å²) in [6.07, 6.45) is 0. The lowest BCUT2D eigenvalue weighted by atomic mass is 9.88. The van der Waals surface area contributed by atoms with Crippen LogP contribution in [0.25, 0.3) is 55.6 Å². The third-order valence-corrected chi connectivity index (χ3v) is 7.03. The molecule has 0 aliphatic rings. The van der Waals surface area contributed by atoms with Crippen LogP contribution in [0.4, 0.5) is 11.4 Å². The maximum absolute atomic E-state index is 6.84. The van der Waals surface area contributed by atoms with Crippen molar-refractivity contribution >= 4 is 11.4 Å². The molecule has 0 unspecified atom stereocenters. The molecule has 6 aromatic rings. The van der Waals surface area contributed by atoms with Crippen molar-refractivity contribution in [2.24, 2.45) is 0 Å². The van der Waals surface area contributed by atoms with Crippen LogP contribution in [0.1, 0.15) is 0 Å². The van der Waals surface area contributed by atoms with Crippen molar-refractivity contribution in [3.63, 3.8) is 0 Å². The molecule has 0 atom stereocenters. The number of nitrogen functional groups attached to an aromatic ring is 2. The van der Waals surface area contributed by atoms with Crippen LogP contribution in [0.5, 0.6) is 0 Å². The predicted molar refractivity (Wildman–Crippen MR) is 162 cm³/mol. The van der Waals surface area contributed by atoms with E-state index in [4.69, 9.17) is 11.5 Å². The largest absolute Gasteiger partial charge is 0.398 e. The second kappa shape index (κ2) is 10.1. The van der Waals surface area contributed by atoms with Gasteiger partial charge in [0.2, 0.25) is 0 Å². The molecule has 0 bridgehead atoms. The summed E-state index contributed by atoms with van der Waals surface area (Å²) in [5.74, 6) is 0. The van der Waals surface area contributed by atoms with Gasteiger partial charge in [0.05, 0.1) is 0 Å². The fourth-order valence-corrected chi connectivity index (χ4v) is 5.07. The topological polar surface area (TPSA) is 52.0 Å². The third-order valence-electron chi connectivity index (χ3n) is 7.03. The lowest BCUT2D eigenvalue weighted by Crippen LogP contribution is -1.98. The first kappa shape index (κ1) is 23.3. The first-order valence-corrected chi connectivity index (χ1v) is 12.8. The summed E-state index contributed by atoms with van der Waals surface area (Å²) in [4.78, 5) is 0. The molecule has 6 rings (SSSR count). The Morgan fingerprint density at radius 1 is 0.263 bits per heavy atom. The Morgan fingerprint density at radius 2 is 0.474 bits per heavy atom. The van der Waals surface area contributed by atoms with E-state index in [0.29, 0.717) is 0 Å². The number of rotatable bonds is 5. The smallest absolute Gasteiger partial charge is 0.0473 e. The molecule has 0 amide bonds. The molecule has 0 fully saturated rings. The Bertz CT molecular complexity index is 1440. The summed E-state index contributed by atoms with van der Waals surface area (Å²) in [7, 11) is 0. The van der Waals surface area contributed by atoms with E-state index in [-0.39, 0.29) is 0 Å². The quantitative estimate of drug-likeness (QED) is 0.238. The lowest BCUT2D eigenvalue weighted by molar-refractivity contribution is 1.54. The summed E-state index contributed by atoms with van der Waals surface area (Å²) < 4.78 is 0. The van der Waals surface area contributed by atoms with Gasteiger partial charge in [0.1, 0.15) is 0 Å². The molecule has 0 aromatic heterocycles. The molecule has 0 aliphatic carbocycles. The highest BCUT2D eigenvalue weighted by Gasteiger charge is 2.17. The van der Waals surface area contributed by atoms with Gasteiger partial charge in [-0.15, -0.1) is 0 Å². The van der Waals surface area contributed by atoms with E-state index in [0.717, 1.165) is 67.0 Å². The van der Waals surface area contributed by atoms with Gasteiger partial charge in [-0.05, 0) is 57.6 Å². The summed E-state index contributed by atoms with van der Waals surface area (Å²) in [5.41, 5.74) is 25.8. The molecule has 0 radical (unpaired) electrons. The Labute approximate surface area is 223 Å². The summed E-state index contributed by atoms with van der Waals surface area (Å²) in [5, 5.41) is 0. The van der Waals surface area contributed by atoms with Crippen LogP contribution in [0, 0.1) is 0 Å². The average molecular weight is 489 g/mol. The highest BCUT2D eigenvalue weighted by atomic mass is 14.6. The molecule has 2 nitrogen and oxygen atoms in total. The van der Waals surface area contributed by atoms with Gasteiger partial charge in [-0.25, -0.2) is 0 Å². The maximum Gasteiger partial charge on any atom is 0.0473 e. The van der Waals surface area contributed by atoms with Crippen molar-refractivity contribution in [3.8, 4) is 55.6 Å². The minimum absolute atomic E-state index is 0.771. The average Bonchev–Trinajstić information content (AvgIpc) is 2.99. The molecular weight excluding hydrogens is 460 g/mol. The van der Waals surface area contributed by atoms with Gasteiger partial charge >= 0.3 is 0 Å². The minimum atomic E-state index is 0.771. The van der Waals surface area contributed by atoms with Crippen molar-refractivity contribution in [1.82, 2.24) is 0 Å². The van der Waals surface area contributed by atoms with E-state index in [9.17, 15) is 0 Å². The van der Waals surface area contributed by atoms with Gasteiger partial charge in [0, 0.05) is 33.6 Å².